The molecule has 4 rings (SSSR count). The van der Waals surface area contributed by atoms with Gasteiger partial charge >= 0.3 is 6.18 Å². The van der Waals surface area contributed by atoms with Crippen LogP contribution in [0.4, 0.5) is 18.9 Å². The molecule has 0 aliphatic carbocycles. The number of morpholine rings is 1. The van der Waals surface area contributed by atoms with Gasteiger partial charge in [0.15, 0.2) is 5.65 Å². The van der Waals surface area contributed by atoms with E-state index in [-0.39, 0.29) is 11.2 Å². The first-order valence-electron chi connectivity index (χ1n) is 7.06. The van der Waals surface area contributed by atoms with Crippen LogP contribution in [0.1, 0.15) is 5.56 Å². The fourth-order valence-corrected chi connectivity index (χ4v) is 2.80. The highest BCUT2D eigenvalue weighted by atomic mass is 19.4. The lowest BCUT2D eigenvalue weighted by atomic mass is 10.1. The van der Waals surface area contributed by atoms with Crippen molar-refractivity contribution >= 4 is 22.4 Å². The Bertz CT molecular complexity index is 870. The van der Waals surface area contributed by atoms with Gasteiger partial charge in [0.05, 0.1) is 41.7 Å². The molecular formula is C14H12F3N5O. The summed E-state index contributed by atoms with van der Waals surface area (Å²) < 4.78 is 47.3. The highest BCUT2D eigenvalue weighted by molar-refractivity contribution is 5.83. The van der Waals surface area contributed by atoms with E-state index >= 15 is 0 Å². The van der Waals surface area contributed by atoms with E-state index in [1.165, 1.54) is 18.6 Å². The van der Waals surface area contributed by atoms with Crippen LogP contribution in [0.2, 0.25) is 0 Å². The van der Waals surface area contributed by atoms with Crippen molar-refractivity contribution in [3.8, 4) is 0 Å². The highest BCUT2D eigenvalue weighted by Gasteiger charge is 2.36. The third-order valence-electron chi connectivity index (χ3n) is 3.90. The summed E-state index contributed by atoms with van der Waals surface area (Å²) in [6.45, 7) is 1.65. The van der Waals surface area contributed by atoms with Gasteiger partial charge in [-0.05, 0) is 12.1 Å². The summed E-state index contributed by atoms with van der Waals surface area (Å²) in [5.41, 5.74) is 0.733. The maximum absolute atomic E-state index is 13.5. The number of hydrogen-bond acceptors (Lipinski definition) is 5. The van der Waals surface area contributed by atoms with Gasteiger partial charge < -0.3 is 9.64 Å². The lowest BCUT2D eigenvalue weighted by Gasteiger charge is -2.31. The summed E-state index contributed by atoms with van der Waals surface area (Å²) in [6.07, 6.45) is -1.58. The zero-order valence-electron chi connectivity index (χ0n) is 11.9. The van der Waals surface area contributed by atoms with Crippen LogP contribution in [0, 0.1) is 0 Å². The molecule has 23 heavy (non-hydrogen) atoms. The van der Waals surface area contributed by atoms with Gasteiger partial charge in [-0.15, -0.1) is 10.2 Å². The van der Waals surface area contributed by atoms with Crippen LogP contribution in [-0.2, 0) is 10.9 Å². The smallest absolute Gasteiger partial charge is 0.378 e. The zero-order valence-corrected chi connectivity index (χ0v) is 11.9. The van der Waals surface area contributed by atoms with E-state index in [1.807, 2.05) is 0 Å². The number of benzene rings is 1. The standard InChI is InChI=1S/C14H12F3N5O/c15-14(16,17)9-5-10-12(22-8-19-20-13(22)7-18-10)6-11(9)21-1-3-23-4-2-21/h5-8H,1-4H2. The Morgan fingerprint density at radius 3 is 2.65 bits per heavy atom. The number of ether oxygens (including phenoxy) is 1. The third kappa shape index (κ3) is 2.37. The molecule has 0 spiro atoms. The number of aromatic nitrogens is 4. The van der Waals surface area contributed by atoms with Gasteiger partial charge in [0.1, 0.15) is 6.33 Å². The van der Waals surface area contributed by atoms with Gasteiger partial charge in [-0.1, -0.05) is 0 Å². The third-order valence-corrected chi connectivity index (χ3v) is 3.90. The van der Waals surface area contributed by atoms with Crippen LogP contribution >= 0.6 is 0 Å². The van der Waals surface area contributed by atoms with Crippen molar-refractivity contribution in [3.05, 3.63) is 30.2 Å². The molecule has 1 aliphatic heterocycles. The van der Waals surface area contributed by atoms with E-state index in [4.69, 9.17) is 4.74 Å². The van der Waals surface area contributed by atoms with Crippen molar-refractivity contribution in [2.75, 3.05) is 31.2 Å². The molecule has 0 saturated carbocycles. The van der Waals surface area contributed by atoms with E-state index in [2.05, 4.69) is 15.2 Å². The Labute approximate surface area is 128 Å². The first-order valence-corrected chi connectivity index (χ1v) is 7.06. The Kier molecular flexibility index (Phi) is 3.12. The van der Waals surface area contributed by atoms with Crippen LogP contribution in [0.15, 0.2) is 24.7 Å². The Hall–Kier alpha value is -2.42. The van der Waals surface area contributed by atoms with Crippen molar-refractivity contribution in [2.45, 2.75) is 6.18 Å². The van der Waals surface area contributed by atoms with Crippen molar-refractivity contribution in [1.29, 1.82) is 0 Å². The maximum atomic E-state index is 13.5. The molecule has 120 valence electrons. The predicted molar refractivity (Wildman–Crippen MR) is 76.3 cm³/mol. The van der Waals surface area contributed by atoms with Gasteiger partial charge in [-0.3, -0.25) is 9.38 Å². The van der Waals surface area contributed by atoms with Crippen LogP contribution in [0.5, 0.6) is 0 Å². The van der Waals surface area contributed by atoms with Gasteiger partial charge in [0.25, 0.3) is 0 Å². The number of hydrogen-bond donors (Lipinski definition) is 0. The maximum Gasteiger partial charge on any atom is 0.418 e. The average molecular weight is 323 g/mol. The molecule has 1 aromatic carbocycles. The summed E-state index contributed by atoms with van der Waals surface area (Å²) in [4.78, 5) is 5.76. The number of nitrogens with zero attached hydrogens (tertiary/aromatic N) is 5. The Balaban J connectivity index is 1.99. The van der Waals surface area contributed by atoms with E-state index in [1.54, 1.807) is 9.30 Å². The van der Waals surface area contributed by atoms with Gasteiger partial charge in [-0.25, -0.2) is 0 Å². The van der Waals surface area contributed by atoms with Crippen LogP contribution in [0.25, 0.3) is 16.7 Å². The number of halogens is 3. The van der Waals surface area contributed by atoms with Crippen LogP contribution < -0.4 is 4.90 Å². The molecule has 0 N–H and O–H groups in total. The Morgan fingerprint density at radius 2 is 1.91 bits per heavy atom. The molecule has 1 fully saturated rings. The number of anilines is 1. The molecule has 3 aromatic rings. The number of rotatable bonds is 1. The summed E-state index contributed by atoms with van der Waals surface area (Å²) in [6, 6.07) is 2.59. The quantitative estimate of drug-likeness (QED) is 0.687. The summed E-state index contributed by atoms with van der Waals surface area (Å²) in [5, 5.41) is 7.66. The van der Waals surface area contributed by atoms with Gasteiger partial charge in [0, 0.05) is 13.1 Å². The summed E-state index contributed by atoms with van der Waals surface area (Å²) in [5.74, 6) is 0. The number of alkyl halides is 3. The second kappa shape index (κ2) is 5.05. The monoisotopic (exact) mass is 323 g/mol. The second-order valence-corrected chi connectivity index (χ2v) is 5.27. The molecule has 6 nitrogen and oxygen atoms in total. The van der Waals surface area contributed by atoms with Crippen molar-refractivity contribution in [1.82, 2.24) is 19.6 Å². The minimum absolute atomic E-state index is 0.135. The fraction of sp³-hybridized carbons (Fsp3) is 0.357. The molecular weight excluding hydrogens is 311 g/mol. The Morgan fingerprint density at radius 1 is 1.13 bits per heavy atom. The van der Waals surface area contributed by atoms with Crippen molar-refractivity contribution in [2.24, 2.45) is 0 Å². The second-order valence-electron chi connectivity index (χ2n) is 5.27. The van der Waals surface area contributed by atoms with Gasteiger partial charge in [-0.2, -0.15) is 13.2 Å². The van der Waals surface area contributed by atoms with Crippen molar-refractivity contribution < 1.29 is 17.9 Å². The first-order chi connectivity index (χ1) is 11.0. The predicted octanol–water partition coefficient (Wildman–Crippen LogP) is 2.13. The molecule has 0 radical (unpaired) electrons. The summed E-state index contributed by atoms with van der Waals surface area (Å²) >= 11 is 0. The molecule has 3 heterocycles. The normalized spacial score (nSPS) is 16.4. The highest BCUT2D eigenvalue weighted by Crippen LogP contribution is 2.39. The molecule has 1 saturated heterocycles. The number of fused-ring (bicyclic) bond motifs is 3. The largest absolute Gasteiger partial charge is 0.418 e. The fourth-order valence-electron chi connectivity index (χ4n) is 2.80. The zero-order chi connectivity index (χ0) is 16.0. The molecule has 0 unspecified atom stereocenters. The molecule has 0 bridgehead atoms. The summed E-state index contributed by atoms with van der Waals surface area (Å²) in [7, 11) is 0. The molecule has 2 aromatic heterocycles. The van der Waals surface area contributed by atoms with E-state index in [0.717, 1.165) is 6.07 Å². The van der Waals surface area contributed by atoms with E-state index in [9.17, 15) is 13.2 Å². The molecule has 0 amide bonds. The molecule has 9 heteroatoms. The van der Waals surface area contributed by atoms with Gasteiger partial charge in [0.2, 0.25) is 0 Å². The van der Waals surface area contributed by atoms with E-state index < -0.39 is 11.7 Å². The topological polar surface area (TPSA) is 55.5 Å². The molecule has 1 aliphatic rings. The van der Waals surface area contributed by atoms with E-state index in [0.29, 0.717) is 37.5 Å². The first kappa shape index (κ1) is 14.2. The lowest BCUT2D eigenvalue weighted by molar-refractivity contribution is -0.137. The van der Waals surface area contributed by atoms with Crippen LogP contribution in [-0.4, -0.2) is 45.9 Å². The van der Waals surface area contributed by atoms with Crippen LogP contribution in [0.3, 0.4) is 0 Å². The minimum atomic E-state index is -4.45. The average Bonchev–Trinajstić information content (AvgIpc) is 3.02. The SMILES string of the molecule is FC(F)(F)c1cc2ncc3nncn3c2cc1N1CCOCC1. The van der Waals surface area contributed by atoms with Crippen molar-refractivity contribution in [3.63, 3.8) is 0 Å². The lowest BCUT2D eigenvalue weighted by Crippen LogP contribution is -2.37. The molecule has 0 atom stereocenters. The minimum Gasteiger partial charge on any atom is -0.378 e.